The van der Waals surface area contributed by atoms with Crippen molar-refractivity contribution in [1.82, 2.24) is 19.7 Å². The van der Waals surface area contributed by atoms with Crippen molar-refractivity contribution >= 4 is 40.0 Å². The third-order valence-corrected chi connectivity index (χ3v) is 9.77. The highest BCUT2D eigenvalue weighted by Crippen LogP contribution is 2.39. The van der Waals surface area contributed by atoms with E-state index in [0.717, 1.165) is 73.0 Å². The Labute approximate surface area is 267 Å². The second-order valence-corrected chi connectivity index (χ2v) is 13.1. The summed E-state index contributed by atoms with van der Waals surface area (Å²) in [4.78, 5) is 30.2. The normalized spacial score (nSPS) is 13.7. The number of nitrogens with zero attached hydrogens (tertiary/aromatic N) is 4. The van der Waals surface area contributed by atoms with E-state index in [1.807, 2.05) is 49.4 Å². The number of nitrogens with one attached hydrogen (secondary N) is 1. The zero-order valence-corrected chi connectivity index (χ0v) is 27.3. The minimum atomic E-state index is -0.480. The lowest BCUT2D eigenvalue weighted by Crippen LogP contribution is -2.30. The van der Waals surface area contributed by atoms with Gasteiger partial charge in [0.25, 0.3) is 0 Å². The Kier molecular flexibility index (Phi) is 10.7. The number of methoxy groups -OCH3 is 1. The maximum atomic E-state index is 13.6. The summed E-state index contributed by atoms with van der Waals surface area (Å²) in [5.41, 5.74) is 3.66. The van der Waals surface area contributed by atoms with Crippen molar-refractivity contribution in [1.29, 1.82) is 0 Å². The smallest absolute Gasteiger partial charge is 0.341 e. The predicted molar refractivity (Wildman–Crippen MR) is 175 cm³/mol. The number of hydrogen-bond donors (Lipinski definition) is 1. The van der Waals surface area contributed by atoms with Crippen LogP contribution in [0.25, 0.3) is 11.4 Å². The number of aromatic nitrogens is 3. The minimum absolute atomic E-state index is 0.198. The van der Waals surface area contributed by atoms with Crippen LogP contribution in [-0.4, -0.2) is 57.1 Å². The van der Waals surface area contributed by atoms with Crippen molar-refractivity contribution in [2.45, 2.75) is 70.1 Å². The number of benzene rings is 2. The molecule has 1 amide bonds. The number of thioether (sulfide) groups is 1. The summed E-state index contributed by atoms with van der Waals surface area (Å²) in [6, 6.07) is 18.1. The first kappa shape index (κ1) is 31.7. The van der Waals surface area contributed by atoms with Gasteiger partial charge in [0.05, 0.1) is 24.5 Å². The molecule has 1 N–H and O–H groups in total. The summed E-state index contributed by atoms with van der Waals surface area (Å²) < 4.78 is 12.8. The van der Waals surface area contributed by atoms with Crippen LogP contribution in [0.15, 0.2) is 59.8 Å². The molecule has 0 radical (unpaired) electrons. The molecular formula is C33H39N5O4S2. The fourth-order valence-corrected chi connectivity index (χ4v) is 7.37. The van der Waals surface area contributed by atoms with Crippen molar-refractivity contribution in [2.75, 3.05) is 25.6 Å². The maximum Gasteiger partial charge on any atom is 0.341 e. The van der Waals surface area contributed by atoms with Gasteiger partial charge in [0, 0.05) is 36.6 Å². The molecule has 1 aliphatic heterocycles. The van der Waals surface area contributed by atoms with Gasteiger partial charge in [0.2, 0.25) is 5.91 Å². The number of ether oxygens (including phenoxy) is 2. The summed E-state index contributed by atoms with van der Waals surface area (Å²) in [7, 11) is 1.64. The number of amides is 1. The zero-order valence-electron chi connectivity index (χ0n) is 25.7. The van der Waals surface area contributed by atoms with Crippen LogP contribution in [0, 0.1) is 0 Å². The zero-order chi connectivity index (χ0) is 31.1. The predicted octanol–water partition coefficient (Wildman–Crippen LogP) is 6.67. The number of hydrogen-bond acceptors (Lipinski definition) is 9. The third kappa shape index (κ3) is 7.34. The monoisotopic (exact) mass is 633 g/mol. The van der Waals surface area contributed by atoms with E-state index in [1.165, 1.54) is 28.7 Å². The number of fused-ring (bicyclic) bond motifs is 1. The van der Waals surface area contributed by atoms with Crippen molar-refractivity contribution in [3.63, 3.8) is 0 Å². The van der Waals surface area contributed by atoms with Gasteiger partial charge in [-0.2, -0.15) is 0 Å². The number of carbonyl (C=O) groups is 2. The Morgan fingerprint density at radius 2 is 1.86 bits per heavy atom. The molecule has 9 nitrogen and oxygen atoms in total. The molecule has 0 saturated heterocycles. The van der Waals surface area contributed by atoms with Crippen molar-refractivity contribution in [2.24, 2.45) is 0 Å². The van der Waals surface area contributed by atoms with Gasteiger partial charge >= 0.3 is 5.97 Å². The van der Waals surface area contributed by atoms with E-state index in [4.69, 9.17) is 9.47 Å². The molecule has 3 heterocycles. The highest BCUT2D eigenvalue weighted by atomic mass is 32.2. The van der Waals surface area contributed by atoms with Crippen molar-refractivity contribution < 1.29 is 19.1 Å². The largest absolute Gasteiger partial charge is 0.497 e. The lowest BCUT2D eigenvalue weighted by Gasteiger charge is -2.27. The molecule has 2 aromatic carbocycles. The first-order valence-electron chi connectivity index (χ1n) is 15.0. The standard InChI is InChI=1S/C33H39N5O4S2/c1-5-7-18-38-29(24-13-15-25(41-4)16-14-24)35-36-33(38)43-22(3)30(39)34-31-28(32(40)42-6-2)26-17-19-37(21-27(26)44-31)20-23-11-9-8-10-12-23/h8-16,22H,5-7,17-21H2,1-4H3,(H,34,39)/t22-/m1/s1. The molecule has 5 rings (SSSR count). The van der Waals surface area contributed by atoms with Gasteiger partial charge in [-0.15, -0.1) is 21.5 Å². The minimum Gasteiger partial charge on any atom is -0.497 e. The molecule has 232 valence electrons. The van der Waals surface area contributed by atoms with Crippen LogP contribution in [0.5, 0.6) is 5.75 Å². The van der Waals surface area contributed by atoms with E-state index >= 15 is 0 Å². The average molecular weight is 634 g/mol. The molecular weight excluding hydrogens is 595 g/mol. The van der Waals surface area contributed by atoms with Crippen LogP contribution in [0.4, 0.5) is 5.00 Å². The topological polar surface area (TPSA) is 98.6 Å². The molecule has 1 aliphatic rings. The maximum absolute atomic E-state index is 13.6. The highest BCUT2D eigenvalue weighted by molar-refractivity contribution is 8.00. The first-order valence-corrected chi connectivity index (χ1v) is 16.7. The first-order chi connectivity index (χ1) is 21.4. The number of unbranched alkanes of at least 4 members (excludes halogenated alkanes) is 1. The Morgan fingerprint density at radius 3 is 2.57 bits per heavy atom. The van der Waals surface area contributed by atoms with E-state index in [1.54, 1.807) is 14.0 Å². The molecule has 44 heavy (non-hydrogen) atoms. The quantitative estimate of drug-likeness (QED) is 0.129. The fourth-order valence-electron chi connectivity index (χ4n) is 5.21. The van der Waals surface area contributed by atoms with Gasteiger partial charge in [-0.1, -0.05) is 55.4 Å². The van der Waals surface area contributed by atoms with Crippen LogP contribution in [0.3, 0.4) is 0 Å². The second kappa shape index (κ2) is 14.9. The van der Waals surface area contributed by atoms with E-state index in [9.17, 15) is 9.59 Å². The van der Waals surface area contributed by atoms with Gasteiger partial charge in [-0.3, -0.25) is 9.69 Å². The summed E-state index contributed by atoms with van der Waals surface area (Å²) >= 11 is 2.84. The van der Waals surface area contributed by atoms with Crippen LogP contribution in [0.2, 0.25) is 0 Å². The Morgan fingerprint density at radius 1 is 1.09 bits per heavy atom. The van der Waals surface area contributed by atoms with E-state index in [-0.39, 0.29) is 18.5 Å². The van der Waals surface area contributed by atoms with Gasteiger partial charge in [0.15, 0.2) is 11.0 Å². The van der Waals surface area contributed by atoms with Crippen LogP contribution < -0.4 is 10.1 Å². The summed E-state index contributed by atoms with van der Waals surface area (Å²) in [5.74, 6) is 0.943. The molecule has 1 atom stereocenters. The summed E-state index contributed by atoms with van der Waals surface area (Å²) in [6.45, 7) is 9.18. The number of esters is 1. The molecule has 0 aliphatic carbocycles. The fraction of sp³-hybridized carbons (Fsp3) is 0.394. The van der Waals surface area contributed by atoms with Gasteiger partial charge in [-0.05, 0) is 62.1 Å². The van der Waals surface area contributed by atoms with Crippen molar-refractivity contribution in [3.8, 4) is 17.1 Å². The summed E-state index contributed by atoms with van der Waals surface area (Å²) in [5, 5.41) is 12.8. The third-order valence-electron chi connectivity index (χ3n) is 7.55. The van der Waals surface area contributed by atoms with E-state index < -0.39 is 5.25 Å². The molecule has 0 bridgehead atoms. The van der Waals surface area contributed by atoms with Gasteiger partial charge in [-0.25, -0.2) is 4.79 Å². The van der Waals surface area contributed by atoms with Gasteiger partial charge in [0.1, 0.15) is 10.8 Å². The molecule has 11 heteroatoms. The van der Waals surface area contributed by atoms with E-state index in [0.29, 0.717) is 15.7 Å². The number of carbonyl (C=O) groups excluding carboxylic acids is 2. The lowest BCUT2D eigenvalue weighted by molar-refractivity contribution is -0.115. The second-order valence-electron chi connectivity index (χ2n) is 10.7. The summed E-state index contributed by atoms with van der Waals surface area (Å²) in [6.07, 6.45) is 2.70. The molecule has 0 spiro atoms. The average Bonchev–Trinajstić information content (AvgIpc) is 3.60. The molecule has 2 aromatic heterocycles. The molecule has 4 aromatic rings. The number of anilines is 1. The Balaban J connectivity index is 1.34. The van der Waals surface area contributed by atoms with Crippen molar-refractivity contribution in [3.05, 3.63) is 76.2 Å². The van der Waals surface area contributed by atoms with Crippen LogP contribution in [0.1, 0.15) is 60.0 Å². The van der Waals surface area contributed by atoms with Crippen LogP contribution in [-0.2, 0) is 35.6 Å². The number of thiophene rings is 1. The Hall–Kier alpha value is -3.67. The molecule has 0 saturated carbocycles. The van der Waals surface area contributed by atoms with Crippen LogP contribution >= 0.6 is 23.1 Å². The van der Waals surface area contributed by atoms with Gasteiger partial charge < -0.3 is 19.4 Å². The lowest BCUT2D eigenvalue weighted by atomic mass is 10.0. The number of rotatable bonds is 13. The SMILES string of the molecule is CCCCn1c(S[C@H](C)C(=O)Nc2sc3c(c2C(=O)OCC)CCN(Cc2ccccc2)C3)nnc1-c1ccc(OC)cc1. The highest BCUT2D eigenvalue weighted by Gasteiger charge is 2.31. The molecule has 0 unspecified atom stereocenters. The van der Waals surface area contributed by atoms with E-state index in [2.05, 4.69) is 44.0 Å². The Bertz CT molecular complexity index is 1570. The molecule has 0 fully saturated rings.